The molecule has 0 aromatic heterocycles. The summed E-state index contributed by atoms with van der Waals surface area (Å²) < 4.78 is 21.5. The second-order valence-corrected chi connectivity index (χ2v) is 11.4. The molecule has 8 heteroatoms. The summed E-state index contributed by atoms with van der Waals surface area (Å²) in [6.45, 7) is 18.9. The standard InChI is InChI=1S/C45H32O8/c1-8-42(46)52-40-27-37(22-16-35-19-25-39(26-20-35)51-44(48)30(4)5)41(53-45(49)31(6)7)28-36(40)21-15-33-12-9-32(10-13-33)11-14-34-17-23-38(24-18-34)50-43(47)29(2)3/h8-10,12-13,17-20,23-28H,1-2,4,6H2,3,5,7H3. The smallest absolute Gasteiger partial charge is 0.338 e. The highest BCUT2D eigenvalue weighted by atomic mass is 16.5. The summed E-state index contributed by atoms with van der Waals surface area (Å²) in [5.41, 5.74) is 3.81. The zero-order chi connectivity index (χ0) is 38.5. The summed E-state index contributed by atoms with van der Waals surface area (Å²) in [7, 11) is 0. The van der Waals surface area contributed by atoms with Gasteiger partial charge in [0.1, 0.15) is 23.0 Å². The van der Waals surface area contributed by atoms with Gasteiger partial charge in [-0.15, -0.1) is 0 Å². The third kappa shape index (κ3) is 11.5. The van der Waals surface area contributed by atoms with Gasteiger partial charge >= 0.3 is 23.9 Å². The lowest BCUT2D eigenvalue weighted by Crippen LogP contribution is -2.10. The van der Waals surface area contributed by atoms with Gasteiger partial charge in [-0.25, -0.2) is 19.2 Å². The largest absolute Gasteiger partial charge is 0.423 e. The van der Waals surface area contributed by atoms with Crippen molar-refractivity contribution in [3.63, 3.8) is 0 Å². The van der Waals surface area contributed by atoms with Gasteiger partial charge in [0.05, 0.1) is 11.1 Å². The van der Waals surface area contributed by atoms with E-state index in [0.717, 1.165) is 17.2 Å². The van der Waals surface area contributed by atoms with Crippen LogP contribution in [-0.2, 0) is 19.2 Å². The maximum absolute atomic E-state index is 12.6. The summed E-state index contributed by atoms with van der Waals surface area (Å²) in [6, 6.07) is 23.3. The molecule has 4 rings (SSSR count). The summed E-state index contributed by atoms with van der Waals surface area (Å²) in [6.07, 6.45) is 1.01. The number of ether oxygens (including phenoxy) is 4. The van der Waals surface area contributed by atoms with E-state index in [1.807, 2.05) is 0 Å². The van der Waals surface area contributed by atoms with Crippen molar-refractivity contribution in [3.05, 3.63) is 167 Å². The molecule has 0 atom stereocenters. The van der Waals surface area contributed by atoms with Crippen molar-refractivity contribution in [2.24, 2.45) is 0 Å². The van der Waals surface area contributed by atoms with Crippen molar-refractivity contribution in [2.75, 3.05) is 0 Å². The zero-order valence-corrected chi connectivity index (χ0v) is 29.3. The maximum Gasteiger partial charge on any atom is 0.338 e. The van der Waals surface area contributed by atoms with E-state index >= 15 is 0 Å². The molecule has 0 heterocycles. The van der Waals surface area contributed by atoms with E-state index in [1.54, 1.807) is 86.6 Å². The Labute approximate surface area is 308 Å². The van der Waals surface area contributed by atoms with Gasteiger partial charge in [-0.3, -0.25) is 0 Å². The first-order chi connectivity index (χ1) is 25.3. The lowest BCUT2D eigenvalue weighted by molar-refractivity contribution is -0.131. The van der Waals surface area contributed by atoms with Gasteiger partial charge in [0.15, 0.2) is 0 Å². The predicted octanol–water partition coefficient (Wildman–Crippen LogP) is 7.42. The first-order valence-corrected chi connectivity index (χ1v) is 15.8. The molecule has 0 aliphatic carbocycles. The van der Waals surface area contributed by atoms with Crippen LogP contribution in [-0.4, -0.2) is 23.9 Å². The van der Waals surface area contributed by atoms with Gasteiger partial charge < -0.3 is 18.9 Å². The van der Waals surface area contributed by atoms with Crippen LogP contribution < -0.4 is 18.9 Å². The fourth-order valence-corrected chi connectivity index (χ4v) is 3.92. The van der Waals surface area contributed by atoms with Crippen LogP contribution in [0.5, 0.6) is 23.0 Å². The molecule has 0 bridgehead atoms. The Morgan fingerprint density at radius 1 is 0.472 bits per heavy atom. The van der Waals surface area contributed by atoms with E-state index in [1.165, 1.54) is 19.1 Å². The molecule has 0 aliphatic rings. The van der Waals surface area contributed by atoms with E-state index in [-0.39, 0.29) is 33.8 Å². The van der Waals surface area contributed by atoms with Crippen LogP contribution in [0.4, 0.5) is 0 Å². The van der Waals surface area contributed by atoms with Crippen molar-refractivity contribution < 1.29 is 38.1 Å². The normalized spacial score (nSPS) is 9.57. The molecule has 4 aromatic carbocycles. The van der Waals surface area contributed by atoms with Crippen molar-refractivity contribution in [3.8, 4) is 58.5 Å². The molecule has 0 fully saturated rings. The molecule has 0 saturated heterocycles. The minimum absolute atomic E-state index is 0.0618. The minimum atomic E-state index is -0.732. The highest BCUT2D eigenvalue weighted by molar-refractivity contribution is 5.90. The molecule has 4 aromatic rings. The van der Waals surface area contributed by atoms with Crippen LogP contribution in [0.3, 0.4) is 0 Å². The predicted molar refractivity (Wildman–Crippen MR) is 201 cm³/mol. The first kappa shape index (κ1) is 38.2. The molecule has 0 N–H and O–H groups in total. The average Bonchev–Trinajstić information content (AvgIpc) is 3.14. The topological polar surface area (TPSA) is 105 Å². The second-order valence-electron chi connectivity index (χ2n) is 11.4. The average molecular weight is 701 g/mol. The number of hydrogen-bond donors (Lipinski definition) is 0. The fourth-order valence-electron chi connectivity index (χ4n) is 3.92. The van der Waals surface area contributed by atoms with Crippen molar-refractivity contribution >= 4 is 23.9 Å². The Morgan fingerprint density at radius 3 is 1.11 bits per heavy atom. The Morgan fingerprint density at radius 2 is 0.774 bits per heavy atom. The van der Waals surface area contributed by atoms with Crippen LogP contribution in [0.1, 0.15) is 54.2 Å². The zero-order valence-electron chi connectivity index (χ0n) is 29.3. The number of carbonyl (C=O) groups is 4. The summed E-state index contributed by atoms with van der Waals surface area (Å²) in [5, 5.41) is 0. The van der Waals surface area contributed by atoms with Gasteiger partial charge in [0, 0.05) is 57.2 Å². The van der Waals surface area contributed by atoms with Crippen LogP contribution in [0.25, 0.3) is 0 Å². The SMILES string of the molecule is C=CC(=O)Oc1cc(C#Cc2ccc(OC(=O)C(=C)C)cc2)c(OC(=O)C(=C)C)cc1C#Cc1ccc(C#Cc2ccc(OC(=O)C(=C)C)cc2)cc1. The van der Waals surface area contributed by atoms with E-state index in [2.05, 4.69) is 61.8 Å². The van der Waals surface area contributed by atoms with Crippen LogP contribution in [0.15, 0.2) is 134 Å². The number of rotatable bonds is 8. The summed E-state index contributed by atoms with van der Waals surface area (Å²) >= 11 is 0. The molecule has 0 radical (unpaired) electrons. The Balaban J connectivity index is 1.63. The Hall–Kier alpha value is -7.60. The van der Waals surface area contributed by atoms with Gasteiger partial charge in [0.2, 0.25) is 0 Å². The molecule has 0 spiro atoms. The molecule has 53 heavy (non-hydrogen) atoms. The number of benzene rings is 4. The fraction of sp³-hybridized carbons (Fsp3) is 0.0667. The minimum Gasteiger partial charge on any atom is -0.423 e. The summed E-state index contributed by atoms with van der Waals surface area (Å²) in [5.74, 6) is 16.4. The summed E-state index contributed by atoms with van der Waals surface area (Å²) in [4.78, 5) is 48.4. The van der Waals surface area contributed by atoms with Crippen molar-refractivity contribution in [1.29, 1.82) is 0 Å². The Kier molecular flexibility index (Phi) is 12.9. The number of hydrogen-bond acceptors (Lipinski definition) is 8. The lowest BCUT2D eigenvalue weighted by Gasteiger charge is -2.11. The van der Waals surface area contributed by atoms with Crippen molar-refractivity contribution in [1.82, 2.24) is 0 Å². The third-order valence-corrected chi connectivity index (χ3v) is 6.76. The molecule has 0 amide bonds. The van der Waals surface area contributed by atoms with Gasteiger partial charge in [-0.05, 0) is 93.6 Å². The quantitative estimate of drug-likeness (QED) is 0.0810. The van der Waals surface area contributed by atoms with Crippen LogP contribution in [0, 0.1) is 35.5 Å². The first-order valence-electron chi connectivity index (χ1n) is 15.8. The third-order valence-electron chi connectivity index (χ3n) is 6.76. The molecule has 0 unspecified atom stereocenters. The second kappa shape index (κ2) is 17.9. The lowest BCUT2D eigenvalue weighted by atomic mass is 10.1. The number of carbonyl (C=O) groups excluding carboxylic acids is 4. The molecule has 0 saturated carbocycles. The van der Waals surface area contributed by atoms with Gasteiger partial charge in [-0.2, -0.15) is 0 Å². The highest BCUT2D eigenvalue weighted by Gasteiger charge is 2.16. The molecular formula is C45H32O8. The molecule has 0 aliphatic heterocycles. The highest BCUT2D eigenvalue weighted by Crippen LogP contribution is 2.30. The monoisotopic (exact) mass is 700 g/mol. The van der Waals surface area contributed by atoms with E-state index in [0.29, 0.717) is 28.2 Å². The van der Waals surface area contributed by atoms with Crippen LogP contribution in [0.2, 0.25) is 0 Å². The maximum atomic E-state index is 12.6. The van der Waals surface area contributed by atoms with Crippen LogP contribution >= 0.6 is 0 Å². The Bertz CT molecular complexity index is 2340. The number of esters is 4. The van der Waals surface area contributed by atoms with E-state index in [9.17, 15) is 19.2 Å². The van der Waals surface area contributed by atoms with Crippen molar-refractivity contribution in [2.45, 2.75) is 20.8 Å². The van der Waals surface area contributed by atoms with Gasteiger partial charge in [-0.1, -0.05) is 61.8 Å². The molecule has 260 valence electrons. The molecular weight excluding hydrogens is 668 g/mol. The van der Waals surface area contributed by atoms with E-state index < -0.39 is 23.9 Å². The van der Waals surface area contributed by atoms with Gasteiger partial charge in [0.25, 0.3) is 0 Å². The van der Waals surface area contributed by atoms with E-state index in [4.69, 9.17) is 18.9 Å². The molecule has 8 nitrogen and oxygen atoms in total.